The number of rotatable bonds is 4. The number of nitrogens with two attached hydrogens (primary N) is 1. The number of anilines is 1. The highest BCUT2D eigenvalue weighted by atomic mass is 19.1. The predicted molar refractivity (Wildman–Crippen MR) is 78.2 cm³/mol. The van der Waals surface area contributed by atoms with Gasteiger partial charge in [0, 0.05) is 19.6 Å². The lowest BCUT2D eigenvalue weighted by Gasteiger charge is -2.33. The van der Waals surface area contributed by atoms with Crippen LogP contribution in [0.25, 0.3) is 0 Å². The van der Waals surface area contributed by atoms with Crippen molar-refractivity contribution in [3.63, 3.8) is 0 Å². The van der Waals surface area contributed by atoms with Crippen LogP contribution in [0.5, 0.6) is 0 Å². The number of carbonyl (C=O) groups is 1. The van der Waals surface area contributed by atoms with E-state index < -0.39 is 0 Å². The molecule has 20 heavy (non-hydrogen) atoms. The maximum absolute atomic E-state index is 14.0. The number of urea groups is 1. The Morgan fingerprint density at radius 1 is 1.25 bits per heavy atom. The third-order valence-electron chi connectivity index (χ3n) is 3.59. The zero-order chi connectivity index (χ0) is 14.4. The minimum atomic E-state index is -0.366. The number of para-hydroxylation sites is 1. The van der Waals surface area contributed by atoms with Gasteiger partial charge in [0.25, 0.3) is 0 Å². The van der Waals surface area contributed by atoms with E-state index in [9.17, 15) is 9.18 Å². The van der Waals surface area contributed by atoms with Crippen molar-refractivity contribution in [1.82, 2.24) is 4.90 Å². The highest BCUT2D eigenvalue weighted by Gasteiger charge is 2.24. The van der Waals surface area contributed by atoms with Crippen molar-refractivity contribution < 1.29 is 9.18 Å². The van der Waals surface area contributed by atoms with E-state index in [1.165, 1.54) is 11.0 Å². The molecule has 0 saturated carbocycles. The molecule has 0 aromatic heterocycles. The fraction of sp³-hybridized carbons (Fsp3) is 0.533. The van der Waals surface area contributed by atoms with Crippen molar-refractivity contribution in [2.75, 3.05) is 31.1 Å². The topological polar surface area (TPSA) is 49.6 Å². The highest BCUT2D eigenvalue weighted by Crippen LogP contribution is 2.22. The zero-order valence-electron chi connectivity index (χ0n) is 11.7. The third kappa shape index (κ3) is 3.48. The summed E-state index contributed by atoms with van der Waals surface area (Å²) in [6.45, 7) is 2.45. The summed E-state index contributed by atoms with van der Waals surface area (Å²) in [5.74, 6) is -0.366. The number of hydrogen-bond acceptors (Lipinski definition) is 2. The van der Waals surface area contributed by atoms with Gasteiger partial charge in [0.1, 0.15) is 5.82 Å². The molecule has 1 fully saturated rings. The second kappa shape index (κ2) is 7.24. The largest absolute Gasteiger partial charge is 0.330 e. The van der Waals surface area contributed by atoms with Crippen LogP contribution in [-0.2, 0) is 0 Å². The molecule has 1 saturated heterocycles. The van der Waals surface area contributed by atoms with Crippen LogP contribution in [0, 0.1) is 5.82 Å². The van der Waals surface area contributed by atoms with Crippen LogP contribution in [0.4, 0.5) is 14.9 Å². The molecular weight excluding hydrogens is 257 g/mol. The van der Waals surface area contributed by atoms with Gasteiger partial charge in [-0.15, -0.1) is 0 Å². The van der Waals surface area contributed by atoms with E-state index in [1.54, 1.807) is 18.2 Å². The van der Waals surface area contributed by atoms with Gasteiger partial charge in [-0.25, -0.2) is 9.18 Å². The second-order valence-electron chi connectivity index (χ2n) is 5.08. The van der Waals surface area contributed by atoms with E-state index in [0.29, 0.717) is 25.2 Å². The van der Waals surface area contributed by atoms with E-state index in [-0.39, 0.29) is 11.8 Å². The van der Waals surface area contributed by atoms with Gasteiger partial charge in [0.2, 0.25) is 0 Å². The summed E-state index contributed by atoms with van der Waals surface area (Å²) in [6, 6.07) is 6.30. The molecule has 0 radical (unpaired) electrons. The first kappa shape index (κ1) is 14.8. The molecule has 0 unspecified atom stereocenters. The minimum absolute atomic E-state index is 0.108. The Hall–Kier alpha value is -1.62. The standard InChI is InChI=1S/C15H22FN3O/c16-13-7-2-3-8-14(13)19(12-6-9-17)15(20)18-10-4-1-5-11-18/h2-3,7-8H,1,4-6,9-12,17H2. The molecule has 0 aliphatic carbocycles. The summed E-state index contributed by atoms with van der Waals surface area (Å²) in [5, 5.41) is 0. The average Bonchev–Trinajstić information content (AvgIpc) is 2.50. The van der Waals surface area contributed by atoms with Crippen LogP contribution < -0.4 is 10.6 Å². The smallest absolute Gasteiger partial charge is 0.324 e. The van der Waals surface area contributed by atoms with Gasteiger partial charge in [-0.05, 0) is 44.4 Å². The van der Waals surface area contributed by atoms with Gasteiger partial charge in [0.05, 0.1) is 5.69 Å². The van der Waals surface area contributed by atoms with Crippen LogP contribution in [0.2, 0.25) is 0 Å². The summed E-state index contributed by atoms with van der Waals surface area (Å²) in [4.78, 5) is 15.9. The number of nitrogens with zero attached hydrogens (tertiary/aromatic N) is 2. The Bertz CT molecular complexity index is 446. The van der Waals surface area contributed by atoms with Crippen molar-refractivity contribution in [3.8, 4) is 0 Å². The molecule has 1 heterocycles. The SMILES string of the molecule is NCCCN(C(=O)N1CCCCC1)c1ccccc1F. The lowest BCUT2D eigenvalue weighted by molar-refractivity contribution is 0.192. The first-order chi connectivity index (χ1) is 9.74. The molecule has 2 N–H and O–H groups in total. The van der Waals surface area contributed by atoms with E-state index in [1.807, 2.05) is 4.90 Å². The number of amides is 2. The van der Waals surface area contributed by atoms with E-state index in [4.69, 9.17) is 5.73 Å². The van der Waals surface area contributed by atoms with Gasteiger partial charge >= 0.3 is 6.03 Å². The minimum Gasteiger partial charge on any atom is -0.330 e. The van der Waals surface area contributed by atoms with Crippen LogP contribution in [0.15, 0.2) is 24.3 Å². The summed E-state index contributed by atoms with van der Waals surface area (Å²) in [5.41, 5.74) is 5.87. The molecule has 110 valence electrons. The lowest BCUT2D eigenvalue weighted by Crippen LogP contribution is -2.46. The first-order valence-electron chi connectivity index (χ1n) is 7.25. The monoisotopic (exact) mass is 279 g/mol. The molecular formula is C15H22FN3O. The second-order valence-corrected chi connectivity index (χ2v) is 5.08. The Balaban J connectivity index is 2.18. The summed E-state index contributed by atoms with van der Waals surface area (Å²) in [6.07, 6.45) is 3.86. The molecule has 1 aliphatic rings. The molecule has 2 amide bonds. The van der Waals surface area contributed by atoms with Crippen LogP contribution >= 0.6 is 0 Å². The van der Waals surface area contributed by atoms with E-state index >= 15 is 0 Å². The Kier molecular flexibility index (Phi) is 5.35. The maximum atomic E-state index is 14.0. The number of piperidine rings is 1. The Morgan fingerprint density at radius 3 is 2.60 bits per heavy atom. The summed E-state index contributed by atoms with van der Waals surface area (Å²) >= 11 is 0. The predicted octanol–water partition coefficient (Wildman–Crippen LogP) is 2.59. The van der Waals surface area contributed by atoms with Crippen LogP contribution in [0.3, 0.4) is 0 Å². The van der Waals surface area contributed by atoms with Crippen molar-refractivity contribution in [2.24, 2.45) is 5.73 Å². The lowest BCUT2D eigenvalue weighted by atomic mass is 10.1. The molecule has 2 rings (SSSR count). The first-order valence-corrected chi connectivity index (χ1v) is 7.25. The van der Waals surface area contributed by atoms with E-state index in [2.05, 4.69) is 0 Å². The molecule has 4 nitrogen and oxygen atoms in total. The number of likely N-dealkylation sites (tertiary alicyclic amines) is 1. The fourth-order valence-electron chi connectivity index (χ4n) is 2.50. The molecule has 0 spiro atoms. The van der Waals surface area contributed by atoms with Crippen LogP contribution in [0.1, 0.15) is 25.7 Å². The number of carbonyl (C=O) groups excluding carboxylic acids is 1. The highest BCUT2D eigenvalue weighted by molar-refractivity contribution is 5.92. The zero-order valence-corrected chi connectivity index (χ0v) is 11.7. The Labute approximate surface area is 119 Å². The third-order valence-corrected chi connectivity index (χ3v) is 3.59. The summed E-state index contributed by atoms with van der Waals surface area (Å²) in [7, 11) is 0. The van der Waals surface area contributed by atoms with Gasteiger partial charge < -0.3 is 10.6 Å². The molecule has 1 aromatic rings. The van der Waals surface area contributed by atoms with Crippen molar-refractivity contribution in [3.05, 3.63) is 30.1 Å². The number of benzene rings is 1. The molecule has 0 bridgehead atoms. The molecule has 1 aliphatic heterocycles. The van der Waals surface area contributed by atoms with Gasteiger partial charge in [-0.3, -0.25) is 4.90 Å². The number of hydrogen-bond donors (Lipinski definition) is 1. The fourth-order valence-corrected chi connectivity index (χ4v) is 2.50. The molecule has 1 aromatic carbocycles. The van der Waals surface area contributed by atoms with Gasteiger partial charge in [-0.2, -0.15) is 0 Å². The van der Waals surface area contributed by atoms with Crippen molar-refractivity contribution in [1.29, 1.82) is 0 Å². The normalized spacial score (nSPS) is 15.2. The summed E-state index contributed by atoms with van der Waals surface area (Å²) < 4.78 is 14.0. The van der Waals surface area contributed by atoms with Gasteiger partial charge in [0.15, 0.2) is 0 Å². The quantitative estimate of drug-likeness (QED) is 0.921. The molecule has 0 atom stereocenters. The maximum Gasteiger partial charge on any atom is 0.324 e. The Morgan fingerprint density at radius 2 is 1.95 bits per heavy atom. The number of halogens is 1. The molecule has 5 heteroatoms. The van der Waals surface area contributed by atoms with Crippen molar-refractivity contribution in [2.45, 2.75) is 25.7 Å². The van der Waals surface area contributed by atoms with Crippen molar-refractivity contribution >= 4 is 11.7 Å². The van der Waals surface area contributed by atoms with Gasteiger partial charge in [-0.1, -0.05) is 12.1 Å². The van der Waals surface area contributed by atoms with E-state index in [0.717, 1.165) is 32.4 Å². The van der Waals surface area contributed by atoms with Crippen LogP contribution in [-0.4, -0.2) is 37.1 Å². The average molecular weight is 279 g/mol.